The highest BCUT2D eigenvalue weighted by atomic mass is 16.5. The van der Waals surface area contributed by atoms with E-state index in [0.29, 0.717) is 11.8 Å². The Bertz CT molecular complexity index is 2610. The summed E-state index contributed by atoms with van der Waals surface area (Å²) in [7, 11) is 1.71. The fourth-order valence-electron chi connectivity index (χ4n) is 8.15. The molecule has 1 aliphatic carbocycles. The maximum absolute atomic E-state index is 5.59. The molecule has 0 spiro atoms. The molecule has 0 aliphatic heterocycles. The normalized spacial score (nSPS) is 15.2. The van der Waals surface area contributed by atoms with Crippen molar-refractivity contribution in [1.82, 2.24) is 0 Å². The van der Waals surface area contributed by atoms with E-state index < -0.39 is 0 Å². The summed E-state index contributed by atoms with van der Waals surface area (Å²) in [5, 5.41) is 2.36. The standard InChI is InChI=1S/C56H51NO/c1-38-11-20-44(21-12-38)54(45-22-13-39(2)14-23-45)37-47-26-34-56(53-10-8-7-9-52(47)53)57(49-29-31-50(58-6)32-30-49)48-27-18-43(19-28-48)36-55(46-24-15-40(3)16-25-46)51-33-17-41(4)35-42(51)5/h7-37,42,51H,1-6H3/b55-36-. The van der Waals surface area contributed by atoms with Crippen LogP contribution in [-0.4, -0.2) is 7.11 Å². The van der Waals surface area contributed by atoms with Gasteiger partial charge in [0.2, 0.25) is 0 Å². The molecule has 0 saturated carbocycles. The summed E-state index contributed by atoms with van der Waals surface area (Å²) in [5.74, 6) is 1.52. The van der Waals surface area contributed by atoms with Crippen molar-refractivity contribution in [1.29, 1.82) is 0 Å². The van der Waals surface area contributed by atoms with Crippen molar-refractivity contribution >= 4 is 51.1 Å². The molecular formula is C56H51NO. The fourth-order valence-corrected chi connectivity index (χ4v) is 8.15. The van der Waals surface area contributed by atoms with Crippen LogP contribution >= 0.6 is 0 Å². The first-order valence-corrected chi connectivity index (χ1v) is 20.3. The van der Waals surface area contributed by atoms with E-state index >= 15 is 0 Å². The molecular weight excluding hydrogens is 703 g/mol. The van der Waals surface area contributed by atoms with Gasteiger partial charge in [-0.25, -0.2) is 0 Å². The molecule has 2 heteroatoms. The van der Waals surface area contributed by atoms with Gasteiger partial charge in [-0.1, -0.05) is 169 Å². The summed E-state index contributed by atoms with van der Waals surface area (Å²) in [6.07, 6.45) is 11.8. The van der Waals surface area contributed by atoms with Gasteiger partial charge in [-0.3, -0.25) is 0 Å². The zero-order chi connectivity index (χ0) is 40.2. The van der Waals surface area contributed by atoms with Crippen LogP contribution in [0.2, 0.25) is 0 Å². The van der Waals surface area contributed by atoms with Crippen molar-refractivity contribution in [3.8, 4) is 5.75 Å². The Morgan fingerprint density at radius 2 is 1.09 bits per heavy atom. The van der Waals surface area contributed by atoms with Crippen LogP contribution in [0.25, 0.3) is 34.1 Å². The van der Waals surface area contributed by atoms with Crippen molar-refractivity contribution in [2.75, 3.05) is 12.0 Å². The first-order chi connectivity index (χ1) is 28.2. The molecule has 7 aromatic carbocycles. The average Bonchev–Trinajstić information content (AvgIpc) is 3.25. The summed E-state index contributed by atoms with van der Waals surface area (Å²) in [6.45, 7) is 10.9. The van der Waals surface area contributed by atoms with Gasteiger partial charge in [0.15, 0.2) is 0 Å². The van der Waals surface area contributed by atoms with Gasteiger partial charge in [0.25, 0.3) is 0 Å². The molecule has 7 aromatic rings. The average molecular weight is 754 g/mol. The first-order valence-electron chi connectivity index (χ1n) is 20.3. The van der Waals surface area contributed by atoms with Crippen LogP contribution in [0.1, 0.15) is 58.4 Å². The molecule has 0 aromatic heterocycles. The lowest BCUT2D eigenvalue weighted by atomic mass is 9.79. The summed E-state index contributed by atoms with van der Waals surface area (Å²) < 4.78 is 5.59. The molecule has 0 N–H and O–H groups in total. The van der Waals surface area contributed by atoms with Crippen LogP contribution in [0.3, 0.4) is 0 Å². The number of benzene rings is 7. The zero-order valence-electron chi connectivity index (χ0n) is 34.4. The lowest BCUT2D eigenvalue weighted by Crippen LogP contribution is -2.13. The first kappa shape index (κ1) is 38.2. The third-order valence-electron chi connectivity index (χ3n) is 11.4. The van der Waals surface area contributed by atoms with E-state index in [1.807, 2.05) is 12.1 Å². The molecule has 0 radical (unpaired) electrons. The number of hydrogen-bond donors (Lipinski definition) is 0. The molecule has 1 aliphatic rings. The van der Waals surface area contributed by atoms with Crippen molar-refractivity contribution in [2.45, 2.75) is 34.6 Å². The highest BCUT2D eigenvalue weighted by Crippen LogP contribution is 2.42. The van der Waals surface area contributed by atoms with Gasteiger partial charge in [0.1, 0.15) is 5.75 Å². The number of rotatable bonds is 10. The van der Waals surface area contributed by atoms with Crippen molar-refractivity contribution in [3.63, 3.8) is 0 Å². The zero-order valence-corrected chi connectivity index (χ0v) is 34.4. The lowest BCUT2D eigenvalue weighted by molar-refractivity contribution is 0.415. The quantitative estimate of drug-likeness (QED) is 0.129. The molecule has 2 atom stereocenters. The summed E-state index contributed by atoms with van der Waals surface area (Å²) in [6, 6.07) is 57.4. The third-order valence-corrected chi connectivity index (χ3v) is 11.4. The highest BCUT2D eigenvalue weighted by molar-refractivity contribution is 6.06. The molecule has 0 saturated heterocycles. The van der Waals surface area contributed by atoms with E-state index in [4.69, 9.17) is 4.74 Å². The Morgan fingerprint density at radius 3 is 1.64 bits per heavy atom. The van der Waals surface area contributed by atoms with Crippen molar-refractivity contribution < 1.29 is 4.74 Å². The molecule has 8 rings (SSSR count). The molecule has 0 bridgehead atoms. The van der Waals surface area contributed by atoms with Crippen LogP contribution < -0.4 is 9.64 Å². The Kier molecular flexibility index (Phi) is 11.1. The van der Waals surface area contributed by atoms with Gasteiger partial charge in [-0.2, -0.15) is 0 Å². The van der Waals surface area contributed by atoms with Crippen LogP contribution in [0, 0.1) is 32.6 Å². The third kappa shape index (κ3) is 8.24. The van der Waals surface area contributed by atoms with E-state index in [2.05, 4.69) is 215 Å². The maximum Gasteiger partial charge on any atom is 0.119 e. The molecule has 58 heavy (non-hydrogen) atoms. The number of aryl methyl sites for hydroxylation is 3. The second-order valence-electron chi connectivity index (χ2n) is 15.8. The maximum atomic E-state index is 5.59. The number of ether oxygens (including phenoxy) is 1. The monoisotopic (exact) mass is 753 g/mol. The van der Waals surface area contributed by atoms with E-state index in [-0.39, 0.29) is 0 Å². The smallest absolute Gasteiger partial charge is 0.119 e. The van der Waals surface area contributed by atoms with Gasteiger partial charge < -0.3 is 9.64 Å². The number of anilines is 3. The highest BCUT2D eigenvalue weighted by Gasteiger charge is 2.22. The second kappa shape index (κ2) is 16.8. The summed E-state index contributed by atoms with van der Waals surface area (Å²) >= 11 is 0. The number of allylic oxidation sites excluding steroid dienone is 5. The van der Waals surface area contributed by atoms with E-state index in [0.717, 1.165) is 22.8 Å². The van der Waals surface area contributed by atoms with Gasteiger partial charge >= 0.3 is 0 Å². The number of hydrogen-bond acceptors (Lipinski definition) is 2. The number of nitrogens with zero attached hydrogens (tertiary/aromatic N) is 1. The molecule has 286 valence electrons. The molecule has 0 heterocycles. The Labute approximate surface area is 344 Å². The van der Waals surface area contributed by atoms with E-state index in [9.17, 15) is 0 Å². The SMILES string of the molecule is COc1ccc(N(c2ccc(/C=C(/c3ccc(C)cc3)C3C=CC(C)=CC3C)cc2)c2ccc(C=C(c3ccc(C)cc3)c3ccc(C)cc3)c3ccccc23)cc1. The number of methoxy groups -OCH3 is 1. The van der Waals surface area contributed by atoms with Crippen LogP contribution in [-0.2, 0) is 0 Å². The Hall–Kier alpha value is -6.64. The second-order valence-corrected chi connectivity index (χ2v) is 15.8. The molecule has 2 unspecified atom stereocenters. The predicted molar refractivity (Wildman–Crippen MR) is 249 cm³/mol. The van der Waals surface area contributed by atoms with E-state index in [1.165, 1.54) is 72.0 Å². The van der Waals surface area contributed by atoms with Gasteiger partial charge in [0, 0.05) is 22.7 Å². The van der Waals surface area contributed by atoms with Crippen LogP contribution in [0.5, 0.6) is 5.75 Å². The van der Waals surface area contributed by atoms with Gasteiger partial charge in [-0.15, -0.1) is 0 Å². The Balaban J connectivity index is 1.24. The minimum Gasteiger partial charge on any atom is -0.497 e. The lowest BCUT2D eigenvalue weighted by Gasteiger charge is -2.28. The van der Waals surface area contributed by atoms with Gasteiger partial charge in [-0.05, 0) is 127 Å². The molecule has 0 fully saturated rings. The van der Waals surface area contributed by atoms with Crippen LogP contribution in [0.4, 0.5) is 17.1 Å². The van der Waals surface area contributed by atoms with Crippen LogP contribution in [0.15, 0.2) is 182 Å². The van der Waals surface area contributed by atoms with Gasteiger partial charge in [0.05, 0.1) is 12.8 Å². The summed E-state index contributed by atoms with van der Waals surface area (Å²) in [5.41, 5.74) is 16.9. The fraction of sp³-hybridized carbons (Fsp3) is 0.143. The topological polar surface area (TPSA) is 12.5 Å². The molecule has 0 amide bonds. The predicted octanol–water partition coefficient (Wildman–Crippen LogP) is 15.1. The minimum atomic E-state index is 0.290. The Morgan fingerprint density at radius 1 is 0.552 bits per heavy atom. The molecule has 2 nitrogen and oxygen atoms in total. The largest absolute Gasteiger partial charge is 0.497 e. The van der Waals surface area contributed by atoms with E-state index in [1.54, 1.807) is 7.11 Å². The van der Waals surface area contributed by atoms with Crippen molar-refractivity contribution in [2.24, 2.45) is 11.8 Å². The summed E-state index contributed by atoms with van der Waals surface area (Å²) in [4.78, 5) is 2.37. The minimum absolute atomic E-state index is 0.290. The number of fused-ring (bicyclic) bond motifs is 1. The van der Waals surface area contributed by atoms with Crippen molar-refractivity contribution in [3.05, 3.63) is 226 Å².